The number of carbonyl (C=O) groups is 1. The number of amides is 1. The van der Waals surface area contributed by atoms with Crippen molar-refractivity contribution < 1.29 is 4.79 Å². The zero-order valence-corrected chi connectivity index (χ0v) is 13.3. The third kappa shape index (κ3) is 3.03. The van der Waals surface area contributed by atoms with E-state index in [0.717, 1.165) is 22.0 Å². The first-order valence-electron chi connectivity index (χ1n) is 6.42. The lowest BCUT2D eigenvalue weighted by atomic mass is 10.2. The van der Waals surface area contributed by atoms with Crippen molar-refractivity contribution in [2.45, 2.75) is 20.4 Å². The van der Waals surface area contributed by atoms with Crippen LogP contribution in [0.2, 0.25) is 0 Å². The summed E-state index contributed by atoms with van der Waals surface area (Å²) in [6.07, 6.45) is 0. The first-order chi connectivity index (χ1) is 10.1. The van der Waals surface area contributed by atoms with E-state index in [2.05, 4.69) is 20.5 Å². The molecule has 0 saturated heterocycles. The smallest absolute Gasteiger partial charge is 0.269 e. The number of nitrogens with one attached hydrogen (secondary N) is 2. The number of aryl methyl sites for hydroxylation is 2. The Morgan fingerprint density at radius 1 is 1.43 bits per heavy atom. The number of H-pyrrole nitrogens is 1. The summed E-state index contributed by atoms with van der Waals surface area (Å²) in [6, 6.07) is 3.74. The molecule has 0 saturated carbocycles. The highest BCUT2D eigenvalue weighted by Gasteiger charge is 2.12. The second-order valence-corrected chi connectivity index (χ2v) is 6.68. The van der Waals surface area contributed by atoms with Gasteiger partial charge in [-0.05, 0) is 31.4 Å². The number of thiophene rings is 1. The maximum atomic E-state index is 12.1. The van der Waals surface area contributed by atoms with Crippen molar-refractivity contribution in [1.82, 2.24) is 20.5 Å². The molecule has 3 heterocycles. The Morgan fingerprint density at radius 2 is 2.29 bits per heavy atom. The van der Waals surface area contributed by atoms with Gasteiger partial charge in [-0.15, -0.1) is 11.3 Å². The molecule has 0 radical (unpaired) electrons. The third-order valence-corrected chi connectivity index (χ3v) is 4.87. The second-order valence-electron chi connectivity index (χ2n) is 4.61. The maximum absolute atomic E-state index is 12.1. The predicted molar refractivity (Wildman–Crippen MR) is 84.7 cm³/mol. The van der Waals surface area contributed by atoms with Crippen molar-refractivity contribution >= 4 is 28.6 Å². The lowest BCUT2D eigenvalue weighted by molar-refractivity contribution is 0.0946. The van der Waals surface area contributed by atoms with Crippen molar-refractivity contribution in [2.24, 2.45) is 0 Å². The molecular formula is C14H14N4OS2. The number of aromatic amines is 1. The van der Waals surface area contributed by atoms with Crippen molar-refractivity contribution in [3.8, 4) is 11.3 Å². The summed E-state index contributed by atoms with van der Waals surface area (Å²) in [7, 11) is 0. The molecule has 7 heteroatoms. The summed E-state index contributed by atoms with van der Waals surface area (Å²) in [5.41, 5.74) is 3.27. The van der Waals surface area contributed by atoms with Gasteiger partial charge < -0.3 is 5.32 Å². The van der Waals surface area contributed by atoms with Gasteiger partial charge in [0, 0.05) is 15.8 Å². The number of rotatable bonds is 4. The molecule has 0 aliphatic carbocycles. The summed E-state index contributed by atoms with van der Waals surface area (Å²) < 4.78 is 0. The monoisotopic (exact) mass is 318 g/mol. The van der Waals surface area contributed by atoms with E-state index < -0.39 is 0 Å². The highest BCUT2D eigenvalue weighted by molar-refractivity contribution is 7.11. The summed E-state index contributed by atoms with van der Waals surface area (Å²) in [4.78, 5) is 17.7. The van der Waals surface area contributed by atoms with E-state index in [0.29, 0.717) is 12.2 Å². The van der Waals surface area contributed by atoms with Gasteiger partial charge in [0.2, 0.25) is 0 Å². The zero-order chi connectivity index (χ0) is 14.8. The number of hydrogen-bond donors (Lipinski definition) is 2. The molecule has 0 spiro atoms. The molecule has 3 aromatic heterocycles. The predicted octanol–water partition coefficient (Wildman–Crippen LogP) is 3.14. The Kier molecular flexibility index (Phi) is 3.85. The molecular weight excluding hydrogens is 304 g/mol. The van der Waals surface area contributed by atoms with E-state index in [1.54, 1.807) is 28.7 Å². The standard InChI is InChI=1S/C14H14N4OS2/c1-8-9(2)21-13(16-8)6-15-14(19)12-5-11(17-18-12)10-3-4-20-7-10/h3-5,7H,6H2,1-2H3,(H,15,19)(H,17,18). The minimum Gasteiger partial charge on any atom is -0.344 e. The fraction of sp³-hybridized carbons (Fsp3) is 0.214. The molecule has 0 fully saturated rings. The maximum Gasteiger partial charge on any atom is 0.269 e. The molecule has 0 atom stereocenters. The molecule has 5 nitrogen and oxygen atoms in total. The van der Waals surface area contributed by atoms with Gasteiger partial charge in [-0.25, -0.2) is 4.98 Å². The Labute approximate surface area is 130 Å². The van der Waals surface area contributed by atoms with E-state index in [4.69, 9.17) is 0 Å². The van der Waals surface area contributed by atoms with Gasteiger partial charge in [0.15, 0.2) is 0 Å². The van der Waals surface area contributed by atoms with Crippen LogP contribution < -0.4 is 5.32 Å². The fourth-order valence-corrected chi connectivity index (χ4v) is 3.39. The highest BCUT2D eigenvalue weighted by Crippen LogP contribution is 2.20. The van der Waals surface area contributed by atoms with Crippen molar-refractivity contribution in [3.63, 3.8) is 0 Å². The molecule has 3 aromatic rings. The molecule has 0 bridgehead atoms. The molecule has 0 aliphatic heterocycles. The second kappa shape index (κ2) is 5.79. The van der Waals surface area contributed by atoms with E-state index in [-0.39, 0.29) is 5.91 Å². The largest absolute Gasteiger partial charge is 0.344 e. The average molecular weight is 318 g/mol. The van der Waals surface area contributed by atoms with Gasteiger partial charge in [-0.3, -0.25) is 9.89 Å². The SMILES string of the molecule is Cc1nc(CNC(=O)c2cc(-c3ccsc3)n[nH]2)sc1C. The molecule has 108 valence electrons. The summed E-state index contributed by atoms with van der Waals surface area (Å²) in [5, 5.41) is 14.7. The molecule has 1 amide bonds. The minimum atomic E-state index is -0.172. The Morgan fingerprint density at radius 3 is 2.95 bits per heavy atom. The number of hydrogen-bond acceptors (Lipinski definition) is 5. The van der Waals surface area contributed by atoms with Crippen molar-refractivity contribution in [2.75, 3.05) is 0 Å². The summed E-state index contributed by atoms with van der Waals surface area (Å²) in [6.45, 7) is 4.44. The number of carbonyl (C=O) groups excluding carboxylic acids is 1. The van der Waals surface area contributed by atoms with E-state index >= 15 is 0 Å². The van der Waals surface area contributed by atoms with Crippen LogP contribution in [0.15, 0.2) is 22.9 Å². The van der Waals surface area contributed by atoms with E-state index in [9.17, 15) is 4.79 Å². The number of thiazole rings is 1. The molecule has 0 aliphatic rings. The van der Waals surface area contributed by atoms with Crippen LogP contribution in [0, 0.1) is 13.8 Å². The highest BCUT2D eigenvalue weighted by atomic mass is 32.1. The van der Waals surface area contributed by atoms with Crippen LogP contribution >= 0.6 is 22.7 Å². The van der Waals surface area contributed by atoms with Crippen LogP contribution in [-0.4, -0.2) is 21.1 Å². The van der Waals surface area contributed by atoms with Gasteiger partial charge in [0.1, 0.15) is 10.7 Å². The lowest BCUT2D eigenvalue weighted by Gasteiger charge is -1.99. The minimum absolute atomic E-state index is 0.172. The molecule has 3 rings (SSSR count). The number of nitrogens with zero attached hydrogens (tertiary/aromatic N) is 2. The van der Waals surface area contributed by atoms with Gasteiger partial charge in [0.05, 0.1) is 17.9 Å². The first-order valence-corrected chi connectivity index (χ1v) is 8.18. The molecule has 0 aromatic carbocycles. The van der Waals surface area contributed by atoms with Crippen LogP contribution in [0.1, 0.15) is 26.1 Å². The van der Waals surface area contributed by atoms with Crippen LogP contribution in [0.5, 0.6) is 0 Å². The average Bonchev–Trinajstić information content (AvgIpc) is 3.17. The van der Waals surface area contributed by atoms with E-state index in [1.165, 1.54) is 4.88 Å². The summed E-state index contributed by atoms with van der Waals surface area (Å²) >= 11 is 3.21. The van der Waals surface area contributed by atoms with Crippen LogP contribution in [0.25, 0.3) is 11.3 Å². The summed E-state index contributed by atoms with van der Waals surface area (Å²) in [5.74, 6) is -0.172. The molecule has 2 N–H and O–H groups in total. The van der Waals surface area contributed by atoms with E-state index in [1.807, 2.05) is 30.7 Å². The van der Waals surface area contributed by atoms with Gasteiger partial charge >= 0.3 is 0 Å². The Hall–Kier alpha value is -1.99. The normalized spacial score (nSPS) is 10.8. The van der Waals surface area contributed by atoms with Gasteiger partial charge in [0.25, 0.3) is 5.91 Å². The van der Waals surface area contributed by atoms with Gasteiger partial charge in [-0.1, -0.05) is 0 Å². The van der Waals surface area contributed by atoms with Crippen LogP contribution in [0.4, 0.5) is 0 Å². The topological polar surface area (TPSA) is 70.7 Å². The van der Waals surface area contributed by atoms with Gasteiger partial charge in [-0.2, -0.15) is 16.4 Å². The molecule has 21 heavy (non-hydrogen) atoms. The quantitative estimate of drug-likeness (QED) is 0.776. The van der Waals surface area contributed by atoms with Crippen molar-refractivity contribution in [3.05, 3.63) is 44.2 Å². The fourth-order valence-electron chi connectivity index (χ4n) is 1.86. The number of aromatic nitrogens is 3. The first kappa shape index (κ1) is 14.0. The third-order valence-electron chi connectivity index (χ3n) is 3.11. The van der Waals surface area contributed by atoms with Crippen molar-refractivity contribution in [1.29, 1.82) is 0 Å². The lowest BCUT2D eigenvalue weighted by Crippen LogP contribution is -2.23. The van der Waals surface area contributed by atoms with Crippen LogP contribution in [-0.2, 0) is 6.54 Å². The van der Waals surface area contributed by atoms with Crippen LogP contribution in [0.3, 0.4) is 0 Å². The zero-order valence-electron chi connectivity index (χ0n) is 11.6. The Balaban J connectivity index is 1.66. The molecule has 0 unspecified atom stereocenters. The Bertz CT molecular complexity index is 738.